The number of nitrogens with one attached hydrogen (secondary N) is 1. The van der Waals surface area contributed by atoms with E-state index in [1.807, 2.05) is 0 Å². The number of methoxy groups -OCH3 is 1. The zero-order chi connectivity index (χ0) is 19.9. The minimum atomic E-state index is -1.14. The van der Waals surface area contributed by atoms with Gasteiger partial charge in [0.05, 0.1) is 13.7 Å². The highest BCUT2D eigenvalue weighted by molar-refractivity contribution is 9.10. The van der Waals surface area contributed by atoms with Crippen molar-refractivity contribution in [2.75, 3.05) is 20.3 Å². The van der Waals surface area contributed by atoms with Crippen LogP contribution in [-0.2, 0) is 16.9 Å². The Kier molecular flexibility index (Phi) is 4.66. The molecular weight excluding hydrogens is 428 g/mol. The number of imide groups is 1. The summed E-state index contributed by atoms with van der Waals surface area (Å²) in [6, 6.07) is 10.2. The summed E-state index contributed by atoms with van der Waals surface area (Å²) in [7, 11) is 1.58. The minimum Gasteiger partial charge on any atom is -0.497 e. The van der Waals surface area contributed by atoms with Crippen molar-refractivity contribution in [1.29, 1.82) is 0 Å². The zero-order valence-electron chi connectivity index (χ0n) is 15.5. The third-order valence-electron chi connectivity index (χ3n) is 4.98. The molecule has 1 saturated heterocycles. The van der Waals surface area contributed by atoms with E-state index in [4.69, 9.17) is 14.2 Å². The Hall–Kier alpha value is -2.74. The van der Waals surface area contributed by atoms with Gasteiger partial charge < -0.3 is 19.5 Å². The lowest BCUT2D eigenvalue weighted by molar-refractivity contribution is -0.131. The maximum absolute atomic E-state index is 13.1. The zero-order valence-corrected chi connectivity index (χ0v) is 17.0. The van der Waals surface area contributed by atoms with Crippen LogP contribution in [-0.4, -0.2) is 37.2 Å². The fourth-order valence-electron chi connectivity index (χ4n) is 3.36. The highest BCUT2D eigenvalue weighted by Gasteiger charge is 2.49. The molecule has 0 bridgehead atoms. The van der Waals surface area contributed by atoms with Crippen LogP contribution in [0.4, 0.5) is 4.79 Å². The van der Waals surface area contributed by atoms with E-state index in [1.165, 1.54) is 4.90 Å². The van der Waals surface area contributed by atoms with Gasteiger partial charge in [-0.15, -0.1) is 0 Å². The second-order valence-electron chi connectivity index (χ2n) is 6.76. The van der Waals surface area contributed by atoms with E-state index in [0.717, 1.165) is 10.0 Å². The Morgan fingerprint density at radius 3 is 2.43 bits per heavy atom. The molecule has 3 amide bonds. The van der Waals surface area contributed by atoms with Gasteiger partial charge in [0.25, 0.3) is 5.91 Å². The van der Waals surface area contributed by atoms with Crippen LogP contribution in [0.2, 0.25) is 0 Å². The molecule has 2 aliphatic rings. The van der Waals surface area contributed by atoms with Crippen molar-refractivity contribution < 1.29 is 23.8 Å². The second kappa shape index (κ2) is 7.01. The Labute approximate surface area is 170 Å². The summed E-state index contributed by atoms with van der Waals surface area (Å²) in [6.07, 6.45) is 0. The summed E-state index contributed by atoms with van der Waals surface area (Å²) in [5.74, 6) is 1.61. The molecule has 0 aliphatic carbocycles. The molecule has 0 aromatic heterocycles. The van der Waals surface area contributed by atoms with Crippen LogP contribution in [0.1, 0.15) is 18.1 Å². The molecule has 2 aliphatic heterocycles. The average Bonchev–Trinajstić information content (AvgIpc) is 2.92. The number of nitrogens with zero attached hydrogens (tertiary/aromatic N) is 1. The summed E-state index contributed by atoms with van der Waals surface area (Å²) in [4.78, 5) is 26.9. The molecule has 1 atom stereocenters. The Morgan fingerprint density at radius 2 is 1.79 bits per heavy atom. The summed E-state index contributed by atoms with van der Waals surface area (Å²) in [5, 5.41) is 2.81. The van der Waals surface area contributed by atoms with E-state index in [9.17, 15) is 9.59 Å². The van der Waals surface area contributed by atoms with E-state index in [2.05, 4.69) is 21.2 Å². The van der Waals surface area contributed by atoms with Gasteiger partial charge in [0.1, 0.15) is 24.5 Å². The predicted octanol–water partition coefficient (Wildman–Crippen LogP) is 3.20. The normalized spacial score (nSPS) is 20.9. The maximum atomic E-state index is 13.1. The molecule has 8 heteroatoms. The fourth-order valence-corrected chi connectivity index (χ4v) is 3.81. The standard InChI is InChI=1S/C20H19BrN2O5/c1-20(13-3-5-14(26-2)6-4-13)18(24)23(19(25)22-20)11-12-9-16-17(10-15(12)21)28-8-7-27-16/h3-6,9-10H,7-8,11H2,1-2H3,(H,22,25). The second-order valence-corrected chi connectivity index (χ2v) is 7.62. The molecule has 0 saturated carbocycles. The molecule has 1 N–H and O–H groups in total. The number of ether oxygens (including phenoxy) is 3. The number of hydrogen-bond donors (Lipinski definition) is 1. The molecule has 4 rings (SSSR count). The lowest BCUT2D eigenvalue weighted by Gasteiger charge is -2.23. The first-order valence-electron chi connectivity index (χ1n) is 8.79. The summed E-state index contributed by atoms with van der Waals surface area (Å²) in [5.41, 5.74) is 0.311. The number of amides is 3. The summed E-state index contributed by atoms with van der Waals surface area (Å²) >= 11 is 3.49. The lowest BCUT2D eigenvalue weighted by Crippen LogP contribution is -2.40. The lowest BCUT2D eigenvalue weighted by atomic mass is 9.92. The van der Waals surface area contributed by atoms with Crippen molar-refractivity contribution in [1.82, 2.24) is 10.2 Å². The van der Waals surface area contributed by atoms with Crippen molar-refractivity contribution in [3.8, 4) is 17.2 Å². The summed E-state index contributed by atoms with van der Waals surface area (Å²) < 4.78 is 17.1. The Bertz CT molecular complexity index is 946. The van der Waals surface area contributed by atoms with E-state index in [-0.39, 0.29) is 12.5 Å². The van der Waals surface area contributed by atoms with Crippen LogP contribution in [0, 0.1) is 0 Å². The number of rotatable bonds is 4. The smallest absolute Gasteiger partial charge is 0.325 e. The largest absolute Gasteiger partial charge is 0.497 e. The first kappa shape index (κ1) is 18.6. The molecule has 1 fully saturated rings. The molecule has 7 nitrogen and oxygen atoms in total. The Balaban J connectivity index is 1.61. The van der Waals surface area contributed by atoms with Crippen molar-refractivity contribution in [2.45, 2.75) is 19.0 Å². The van der Waals surface area contributed by atoms with Crippen molar-refractivity contribution in [3.63, 3.8) is 0 Å². The van der Waals surface area contributed by atoms with E-state index in [1.54, 1.807) is 50.4 Å². The van der Waals surface area contributed by atoms with Crippen molar-refractivity contribution >= 4 is 27.9 Å². The Morgan fingerprint density at radius 1 is 1.14 bits per heavy atom. The molecule has 1 unspecified atom stereocenters. The van der Waals surface area contributed by atoms with Crippen LogP contribution >= 0.6 is 15.9 Å². The first-order valence-corrected chi connectivity index (χ1v) is 9.58. The van der Waals surface area contributed by atoms with E-state index >= 15 is 0 Å². The molecule has 28 heavy (non-hydrogen) atoms. The third kappa shape index (κ3) is 3.07. The van der Waals surface area contributed by atoms with Gasteiger partial charge in [-0.2, -0.15) is 0 Å². The van der Waals surface area contributed by atoms with Crippen molar-refractivity contribution in [3.05, 3.63) is 52.0 Å². The van der Waals surface area contributed by atoms with Crippen LogP contribution in [0.5, 0.6) is 17.2 Å². The van der Waals surface area contributed by atoms with Gasteiger partial charge >= 0.3 is 6.03 Å². The fraction of sp³-hybridized carbons (Fsp3) is 0.300. The highest BCUT2D eigenvalue weighted by Crippen LogP contribution is 2.37. The van der Waals surface area contributed by atoms with Gasteiger partial charge in [0.2, 0.25) is 0 Å². The number of urea groups is 1. The van der Waals surface area contributed by atoms with E-state index in [0.29, 0.717) is 36.0 Å². The number of fused-ring (bicyclic) bond motifs is 1. The van der Waals surface area contributed by atoms with Crippen molar-refractivity contribution in [2.24, 2.45) is 0 Å². The SMILES string of the molecule is COc1ccc(C2(C)NC(=O)N(Cc3cc4c(cc3Br)OCCO4)C2=O)cc1. The molecular formula is C20H19BrN2O5. The van der Waals surface area contributed by atoms with Gasteiger partial charge in [-0.3, -0.25) is 9.69 Å². The molecule has 0 radical (unpaired) electrons. The van der Waals surface area contributed by atoms with Crippen LogP contribution in [0.25, 0.3) is 0 Å². The molecule has 146 valence electrons. The predicted molar refractivity (Wildman–Crippen MR) is 105 cm³/mol. The first-order chi connectivity index (χ1) is 13.4. The van der Waals surface area contributed by atoms with Gasteiger partial charge in [-0.1, -0.05) is 28.1 Å². The highest BCUT2D eigenvalue weighted by atomic mass is 79.9. The molecule has 2 aromatic carbocycles. The quantitative estimate of drug-likeness (QED) is 0.729. The third-order valence-corrected chi connectivity index (χ3v) is 5.72. The monoisotopic (exact) mass is 446 g/mol. The van der Waals surface area contributed by atoms with Crippen LogP contribution in [0.3, 0.4) is 0 Å². The molecule has 2 aromatic rings. The molecule has 0 spiro atoms. The van der Waals surface area contributed by atoms with Gasteiger partial charge in [-0.25, -0.2) is 4.79 Å². The molecule has 2 heterocycles. The van der Waals surface area contributed by atoms with Crippen LogP contribution in [0.15, 0.2) is 40.9 Å². The maximum Gasteiger partial charge on any atom is 0.325 e. The minimum absolute atomic E-state index is 0.119. The number of carbonyl (C=O) groups excluding carboxylic acids is 2. The van der Waals surface area contributed by atoms with Gasteiger partial charge in [-0.05, 0) is 42.3 Å². The van der Waals surface area contributed by atoms with Gasteiger partial charge in [0, 0.05) is 4.47 Å². The summed E-state index contributed by atoms with van der Waals surface area (Å²) in [6.45, 7) is 2.78. The van der Waals surface area contributed by atoms with Gasteiger partial charge in [0.15, 0.2) is 11.5 Å². The number of hydrogen-bond acceptors (Lipinski definition) is 5. The van der Waals surface area contributed by atoms with Crippen LogP contribution < -0.4 is 19.5 Å². The number of benzene rings is 2. The van der Waals surface area contributed by atoms with E-state index < -0.39 is 11.6 Å². The number of halogens is 1. The number of carbonyl (C=O) groups is 2. The topological polar surface area (TPSA) is 77.1 Å². The average molecular weight is 447 g/mol.